The van der Waals surface area contributed by atoms with E-state index in [1.54, 1.807) is 6.07 Å². The Bertz CT molecular complexity index is 562. The maximum absolute atomic E-state index is 12.5. The van der Waals surface area contributed by atoms with E-state index < -0.39 is 10.0 Å². The van der Waals surface area contributed by atoms with Gasteiger partial charge in [0.25, 0.3) is 0 Å². The van der Waals surface area contributed by atoms with Crippen molar-refractivity contribution in [2.24, 2.45) is 5.73 Å². The summed E-state index contributed by atoms with van der Waals surface area (Å²) in [5, 5.41) is 0.282. The van der Waals surface area contributed by atoms with Gasteiger partial charge in [-0.3, -0.25) is 0 Å². The molecule has 2 rings (SSSR count). The third kappa shape index (κ3) is 3.02. The van der Waals surface area contributed by atoms with E-state index in [0.717, 1.165) is 12.8 Å². The summed E-state index contributed by atoms with van der Waals surface area (Å²) in [6.45, 7) is 0.853. The Morgan fingerprint density at radius 3 is 2.79 bits per heavy atom. The second kappa shape index (κ2) is 5.66. The van der Waals surface area contributed by atoms with E-state index in [0.29, 0.717) is 18.8 Å². The molecule has 106 valence electrons. The Kier molecular flexibility index (Phi) is 4.35. The van der Waals surface area contributed by atoms with Crippen molar-refractivity contribution >= 4 is 21.6 Å². The van der Waals surface area contributed by atoms with Crippen molar-refractivity contribution in [3.05, 3.63) is 23.2 Å². The van der Waals surface area contributed by atoms with Crippen LogP contribution in [0.2, 0.25) is 5.02 Å². The largest absolute Gasteiger partial charge is 0.495 e. The molecule has 0 radical (unpaired) electrons. The highest BCUT2D eigenvalue weighted by atomic mass is 35.5. The van der Waals surface area contributed by atoms with Crippen LogP contribution in [-0.4, -0.2) is 39.0 Å². The number of piperidine rings is 1. The van der Waals surface area contributed by atoms with Crippen molar-refractivity contribution in [3.63, 3.8) is 0 Å². The molecule has 5 nitrogen and oxygen atoms in total. The van der Waals surface area contributed by atoms with Crippen LogP contribution in [0.25, 0.3) is 0 Å². The number of hydrogen-bond acceptors (Lipinski definition) is 4. The van der Waals surface area contributed by atoms with E-state index in [-0.39, 0.29) is 16.0 Å². The van der Waals surface area contributed by atoms with Crippen LogP contribution in [0.1, 0.15) is 12.8 Å². The van der Waals surface area contributed by atoms with E-state index >= 15 is 0 Å². The third-order valence-electron chi connectivity index (χ3n) is 3.18. The summed E-state index contributed by atoms with van der Waals surface area (Å²) in [4.78, 5) is 0.174. The van der Waals surface area contributed by atoms with Gasteiger partial charge in [0, 0.05) is 19.1 Å². The van der Waals surface area contributed by atoms with Crippen LogP contribution in [-0.2, 0) is 10.0 Å². The van der Waals surface area contributed by atoms with Crippen LogP contribution in [0.4, 0.5) is 0 Å². The number of sulfonamides is 1. The van der Waals surface area contributed by atoms with Crippen LogP contribution < -0.4 is 10.5 Å². The van der Waals surface area contributed by atoms with Crippen LogP contribution in [0.5, 0.6) is 5.75 Å². The summed E-state index contributed by atoms with van der Waals surface area (Å²) in [6, 6.07) is 4.37. The monoisotopic (exact) mass is 304 g/mol. The second-order valence-corrected chi connectivity index (χ2v) is 6.91. The lowest BCUT2D eigenvalue weighted by atomic mass is 10.1. The van der Waals surface area contributed by atoms with Gasteiger partial charge >= 0.3 is 0 Å². The number of methoxy groups -OCH3 is 1. The smallest absolute Gasteiger partial charge is 0.243 e. The minimum atomic E-state index is -3.53. The molecule has 1 aliphatic heterocycles. The molecular weight excluding hydrogens is 288 g/mol. The maximum Gasteiger partial charge on any atom is 0.243 e. The van der Waals surface area contributed by atoms with E-state index in [1.165, 1.54) is 23.5 Å². The molecule has 0 aliphatic carbocycles. The number of hydrogen-bond donors (Lipinski definition) is 1. The van der Waals surface area contributed by atoms with Gasteiger partial charge in [-0.05, 0) is 31.0 Å². The van der Waals surface area contributed by atoms with Gasteiger partial charge in [0.15, 0.2) is 0 Å². The molecule has 0 aromatic heterocycles. The van der Waals surface area contributed by atoms with Crippen molar-refractivity contribution < 1.29 is 13.2 Å². The molecule has 2 N–H and O–H groups in total. The van der Waals surface area contributed by atoms with Crippen molar-refractivity contribution in [3.8, 4) is 5.75 Å². The number of halogens is 1. The Labute approximate surface area is 118 Å². The van der Waals surface area contributed by atoms with Crippen molar-refractivity contribution in [1.82, 2.24) is 4.31 Å². The zero-order valence-corrected chi connectivity index (χ0v) is 12.2. The fraction of sp³-hybridized carbons (Fsp3) is 0.500. The van der Waals surface area contributed by atoms with Gasteiger partial charge in [-0.2, -0.15) is 4.31 Å². The molecule has 1 aromatic carbocycles. The topological polar surface area (TPSA) is 72.6 Å². The van der Waals surface area contributed by atoms with Crippen molar-refractivity contribution in [1.29, 1.82) is 0 Å². The van der Waals surface area contributed by atoms with Gasteiger partial charge in [0.05, 0.1) is 17.0 Å². The summed E-state index contributed by atoms with van der Waals surface area (Å²) in [5.41, 5.74) is 5.82. The van der Waals surface area contributed by atoms with E-state index in [9.17, 15) is 8.42 Å². The van der Waals surface area contributed by atoms with Crippen LogP contribution >= 0.6 is 11.6 Å². The summed E-state index contributed by atoms with van der Waals surface area (Å²) in [5.74, 6) is 0.455. The van der Waals surface area contributed by atoms with Crippen molar-refractivity contribution in [2.75, 3.05) is 20.2 Å². The maximum atomic E-state index is 12.5. The Morgan fingerprint density at radius 2 is 2.21 bits per heavy atom. The van der Waals surface area contributed by atoms with Gasteiger partial charge < -0.3 is 10.5 Å². The van der Waals surface area contributed by atoms with Gasteiger partial charge in [0.1, 0.15) is 5.75 Å². The van der Waals surface area contributed by atoms with Crippen LogP contribution in [0, 0.1) is 0 Å². The Morgan fingerprint density at radius 1 is 1.47 bits per heavy atom. The van der Waals surface area contributed by atoms with Crippen LogP contribution in [0.15, 0.2) is 23.1 Å². The molecule has 0 unspecified atom stereocenters. The number of rotatable bonds is 3. The lowest BCUT2D eigenvalue weighted by Gasteiger charge is -2.29. The van der Waals surface area contributed by atoms with E-state index in [4.69, 9.17) is 22.1 Å². The molecule has 1 atom stereocenters. The standard InChI is InChI=1S/C12H17ClN2O3S/c1-18-12-5-4-10(7-11(12)13)19(16,17)15-6-2-3-9(14)8-15/h4-5,7,9H,2-3,6,8,14H2,1H3/t9-/m0/s1. The zero-order chi connectivity index (χ0) is 14.0. The predicted octanol–water partition coefficient (Wildman–Crippen LogP) is 1.46. The first kappa shape index (κ1) is 14.6. The second-order valence-electron chi connectivity index (χ2n) is 4.56. The summed E-state index contributed by atoms with van der Waals surface area (Å²) in [6.07, 6.45) is 1.64. The molecular formula is C12H17ClN2O3S. The molecule has 0 bridgehead atoms. The molecule has 0 amide bonds. The first-order valence-electron chi connectivity index (χ1n) is 6.04. The molecule has 1 aromatic rings. The van der Waals surface area contributed by atoms with Crippen molar-refractivity contribution in [2.45, 2.75) is 23.8 Å². The summed E-state index contributed by atoms with van der Waals surface area (Å²) in [7, 11) is -2.04. The fourth-order valence-corrected chi connectivity index (χ4v) is 4.03. The van der Waals surface area contributed by atoms with Crippen LogP contribution in [0.3, 0.4) is 0 Å². The quantitative estimate of drug-likeness (QED) is 0.917. The average Bonchev–Trinajstić information content (AvgIpc) is 2.38. The highest BCUT2D eigenvalue weighted by Gasteiger charge is 2.29. The third-order valence-corrected chi connectivity index (χ3v) is 5.34. The molecule has 0 spiro atoms. The number of benzene rings is 1. The molecule has 1 heterocycles. The molecule has 1 fully saturated rings. The highest BCUT2D eigenvalue weighted by molar-refractivity contribution is 7.89. The summed E-state index contributed by atoms with van der Waals surface area (Å²) >= 11 is 5.97. The minimum Gasteiger partial charge on any atom is -0.495 e. The molecule has 19 heavy (non-hydrogen) atoms. The van der Waals surface area contributed by atoms with Gasteiger partial charge in [0.2, 0.25) is 10.0 Å². The lowest BCUT2D eigenvalue weighted by Crippen LogP contribution is -2.45. The first-order valence-corrected chi connectivity index (χ1v) is 7.86. The Hall–Kier alpha value is -0.820. The molecule has 1 aliphatic rings. The molecule has 7 heteroatoms. The highest BCUT2D eigenvalue weighted by Crippen LogP contribution is 2.29. The average molecular weight is 305 g/mol. The van der Waals surface area contributed by atoms with E-state index in [1.807, 2.05) is 0 Å². The zero-order valence-electron chi connectivity index (χ0n) is 10.7. The van der Waals surface area contributed by atoms with Gasteiger partial charge in [-0.1, -0.05) is 11.6 Å². The predicted molar refractivity (Wildman–Crippen MR) is 74.0 cm³/mol. The number of nitrogens with zero attached hydrogens (tertiary/aromatic N) is 1. The van der Waals surface area contributed by atoms with E-state index in [2.05, 4.69) is 0 Å². The Balaban J connectivity index is 2.31. The number of ether oxygens (including phenoxy) is 1. The molecule has 1 saturated heterocycles. The minimum absolute atomic E-state index is 0.0998. The van der Waals surface area contributed by atoms with Gasteiger partial charge in [-0.15, -0.1) is 0 Å². The molecule has 0 saturated carbocycles. The fourth-order valence-electron chi connectivity index (χ4n) is 2.15. The SMILES string of the molecule is COc1ccc(S(=O)(=O)N2CCC[C@H](N)C2)cc1Cl. The number of nitrogens with two attached hydrogens (primary N) is 1. The normalized spacial score (nSPS) is 21.3. The van der Waals surface area contributed by atoms with Gasteiger partial charge in [-0.25, -0.2) is 8.42 Å². The first-order chi connectivity index (χ1) is 8.95. The lowest BCUT2D eigenvalue weighted by molar-refractivity contribution is 0.316. The summed E-state index contributed by atoms with van der Waals surface area (Å²) < 4.78 is 31.3.